The Hall–Kier alpha value is -3.90. The van der Waals surface area contributed by atoms with E-state index in [1.807, 2.05) is 17.3 Å². The molecule has 6 nitrogen and oxygen atoms in total. The molecule has 1 aliphatic heterocycles. The van der Waals surface area contributed by atoms with Crippen molar-refractivity contribution in [2.75, 3.05) is 26.2 Å². The van der Waals surface area contributed by atoms with Gasteiger partial charge in [-0.1, -0.05) is 51.1 Å². The van der Waals surface area contributed by atoms with Gasteiger partial charge in [0.2, 0.25) is 5.91 Å². The van der Waals surface area contributed by atoms with E-state index in [1.165, 1.54) is 16.5 Å². The smallest absolute Gasteiger partial charge is 0.223 e. The van der Waals surface area contributed by atoms with Gasteiger partial charge in [-0.2, -0.15) is 0 Å². The molecule has 0 bridgehead atoms. The highest BCUT2D eigenvalue weighted by atomic mass is 16.2. The number of nitrogens with one attached hydrogen (secondary N) is 2. The minimum absolute atomic E-state index is 0.0372. The molecule has 0 saturated carbocycles. The Morgan fingerprint density at radius 2 is 1.66 bits per heavy atom. The lowest BCUT2D eigenvalue weighted by molar-refractivity contribution is -0.134. The molecule has 3 aromatic heterocycles. The summed E-state index contributed by atoms with van der Waals surface area (Å²) in [5, 5.41) is 2.33. The summed E-state index contributed by atoms with van der Waals surface area (Å²) in [6.45, 7) is 10.7. The molecule has 1 amide bonds. The van der Waals surface area contributed by atoms with Crippen molar-refractivity contribution >= 4 is 27.8 Å². The molecule has 6 heteroatoms. The van der Waals surface area contributed by atoms with Gasteiger partial charge in [0.15, 0.2) is 0 Å². The van der Waals surface area contributed by atoms with Crippen LogP contribution >= 0.6 is 0 Å². The molecule has 2 aromatic carbocycles. The predicted octanol–water partition coefficient (Wildman–Crippen LogP) is 6.46. The van der Waals surface area contributed by atoms with E-state index in [9.17, 15) is 4.79 Å². The zero-order chi connectivity index (χ0) is 26.3. The highest BCUT2D eigenvalue weighted by Gasteiger charge is 2.24. The largest absolute Gasteiger partial charge is 0.361 e. The van der Waals surface area contributed by atoms with Gasteiger partial charge >= 0.3 is 0 Å². The first kappa shape index (κ1) is 24.4. The lowest BCUT2D eigenvalue weighted by Crippen LogP contribution is -2.48. The molecule has 0 atom stereocenters. The van der Waals surface area contributed by atoms with Crippen LogP contribution in [0.4, 0.5) is 0 Å². The Labute approximate surface area is 223 Å². The molecule has 0 spiro atoms. The fourth-order valence-electron chi connectivity index (χ4n) is 5.40. The predicted molar refractivity (Wildman–Crippen MR) is 155 cm³/mol. The average molecular weight is 506 g/mol. The number of aromatic nitrogens is 3. The monoisotopic (exact) mass is 505 g/mol. The van der Waals surface area contributed by atoms with Gasteiger partial charge in [-0.3, -0.25) is 9.69 Å². The van der Waals surface area contributed by atoms with E-state index in [2.05, 4.69) is 96.4 Å². The van der Waals surface area contributed by atoms with Gasteiger partial charge in [0.1, 0.15) is 5.65 Å². The number of carbonyl (C=O) groups excluding carboxylic acids is 1. The standard InChI is InChI=1S/C32H35N5O/c1-32(2,3)18-30(38)37-14-12-36(13-15-37)21-22-4-6-23(7-5-22)26-17-27-28(20-35-31(27)34-19-26)24-8-9-29-25(16-24)10-11-33-29/h4-11,16-17,19-20,33H,12-15,18,21H2,1-3H3,(H,34,35). The van der Waals surface area contributed by atoms with Crippen LogP contribution in [-0.2, 0) is 11.3 Å². The Bertz CT molecular complexity index is 1580. The zero-order valence-electron chi connectivity index (χ0n) is 22.4. The number of hydrogen-bond donors (Lipinski definition) is 2. The maximum atomic E-state index is 12.6. The summed E-state index contributed by atoms with van der Waals surface area (Å²) in [6, 6.07) is 19.7. The molecular weight excluding hydrogens is 470 g/mol. The maximum Gasteiger partial charge on any atom is 0.223 e. The van der Waals surface area contributed by atoms with Gasteiger partial charge in [0.25, 0.3) is 0 Å². The molecule has 6 rings (SSSR count). The van der Waals surface area contributed by atoms with Crippen molar-refractivity contribution < 1.29 is 4.79 Å². The first-order valence-electron chi connectivity index (χ1n) is 13.5. The normalized spacial score (nSPS) is 15.0. The number of rotatable bonds is 5. The molecule has 1 aliphatic rings. The number of carbonyl (C=O) groups is 1. The van der Waals surface area contributed by atoms with Crippen LogP contribution in [0.2, 0.25) is 0 Å². The van der Waals surface area contributed by atoms with Gasteiger partial charge in [-0.25, -0.2) is 4.98 Å². The van der Waals surface area contributed by atoms with Crippen LogP contribution in [0, 0.1) is 5.41 Å². The summed E-state index contributed by atoms with van der Waals surface area (Å²) in [7, 11) is 0. The zero-order valence-corrected chi connectivity index (χ0v) is 22.4. The molecule has 4 heterocycles. The number of fused-ring (bicyclic) bond motifs is 2. The van der Waals surface area contributed by atoms with Crippen molar-refractivity contribution in [3.05, 3.63) is 78.8 Å². The summed E-state index contributed by atoms with van der Waals surface area (Å²) >= 11 is 0. The quantitative estimate of drug-likeness (QED) is 0.288. The van der Waals surface area contributed by atoms with Gasteiger partial charge in [0.05, 0.1) is 0 Å². The van der Waals surface area contributed by atoms with Crippen molar-refractivity contribution in [1.29, 1.82) is 0 Å². The van der Waals surface area contributed by atoms with Crippen LogP contribution < -0.4 is 0 Å². The number of hydrogen-bond acceptors (Lipinski definition) is 3. The van der Waals surface area contributed by atoms with E-state index in [-0.39, 0.29) is 11.3 Å². The molecule has 5 aromatic rings. The fourth-order valence-corrected chi connectivity index (χ4v) is 5.40. The molecular formula is C32H35N5O. The summed E-state index contributed by atoms with van der Waals surface area (Å²) in [6.07, 6.45) is 6.58. The third-order valence-corrected chi connectivity index (χ3v) is 7.50. The fraction of sp³-hybridized carbons (Fsp3) is 0.312. The van der Waals surface area contributed by atoms with Crippen molar-refractivity contribution in [2.24, 2.45) is 5.41 Å². The number of aromatic amines is 2. The SMILES string of the molecule is CC(C)(C)CC(=O)N1CCN(Cc2ccc(-c3cnc4[nH]cc(-c5ccc6[nH]ccc6c5)c4c3)cc2)CC1. The summed E-state index contributed by atoms with van der Waals surface area (Å²) in [5.74, 6) is 0.280. The van der Waals surface area contributed by atoms with Gasteiger partial charge < -0.3 is 14.9 Å². The van der Waals surface area contributed by atoms with Crippen molar-refractivity contribution in [3.8, 4) is 22.3 Å². The van der Waals surface area contributed by atoms with E-state index < -0.39 is 0 Å². The molecule has 38 heavy (non-hydrogen) atoms. The van der Waals surface area contributed by atoms with Gasteiger partial charge in [-0.05, 0) is 51.8 Å². The van der Waals surface area contributed by atoms with Crippen LogP contribution in [0.5, 0.6) is 0 Å². The van der Waals surface area contributed by atoms with Crippen LogP contribution in [0.1, 0.15) is 32.8 Å². The minimum Gasteiger partial charge on any atom is -0.361 e. The second-order valence-corrected chi connectivity index (χ2v) is 11.7. The second-order valence-electron chi connectivity index (χ2n) is 11.7. The topological polar surface area (TPSA) is 68.0 Å². The molecule has 1 saturated heterocycles. The number of pyridine rings is 1. The number of nitrogens with zero attached hydrogens (tertiary/aromatic N) is 3. The summed E-state index contributed by atoms with van der Waals surface area (Å²) in [4.78, 5) is 28.3. The molecule has 0 unspecified atom stereocenters. The van der Waals surface area contributed by atoms with Crippen LogP contribution in [0.15, 0.2) is 73.2 Å². The maximum absolute atomic E-state index is 12.6. The molecule has 194 valence electrons. The number of H-pyrrole nitrogens is 2. The van der Waals surface area contributed by atoms with E-state index in [0.29, 0.717) is 6.42 Å². The molecule has 2 N–H and O–H groups in total. The van der Waals surface area contributed by atoms with Gasteiger partial charge in [0, 0.05) is 79.8 Å². The highest BCUT2D eigenvalue weighted by molar-refractivity contribution is 5.98. The minimum atomic E-state index is 0.0372. The lowest BCUT2D eigenvalue weighted by Gasteiger charge is -2.36. The Morgan fingerprint density at radius 3 is 2.42 bits per heavy atom. The van der Waals surface area contributed by atoms with E-state index >= 15 is 0 Å². The first-order chi connectivity index (χ1) is 18.3. The number of piperazine rings is 1. The van der Waals surface area contributed by atoms with Crippen molar-refractivity contribution in [1.82, 2.24) is 24.8 Å². The Kier molecular flexibility index (Phi) is 6.28. The van der Waals surface area contributed by atoms with E-state index in [1.54, 1.807) is 0 Å². The molecule has 0 radical (unpaired) electrons. The second kappa shape index (κ2) is 9.76. The number of benzene rings is 2. The van der Waals surface area contributed by atoms with Crippen molar-refractivity contribution in [2.45, 2.75) is 33.7 Å². The molecule has 1 fully saturated rings. The third kappa shape index (κ3) is 5.09. The average Bonchev–Trinajstić information content (AvgIpc) is 3.55. The highest BCUT2D eigenvalue weighted by Crippen LogP contribution is 2.32. The lowest BCUT2D eigenvalue weighted by atomic mass is 9.91. The summed E-state index contributed by atoms with van der Waals surface area (Å²) < 4.78 is 0. The third-order valence-electron chi connectivity index (χ3n) is 7.50. The van der Waals surface area contributed by atoms with Crippen LogP contribution in [0.25, 0.3) is 44.2 Å². The van der Waals surface area contributed by atoms with E-state index in [0.717, 1.165) is 66.0 Å². The van der Waals surface area contributed by atoms with E-state index in [4.69, 9.17) is 4.98 Å². The van der Waals surface area contributed by atoms with Gasteiger partial charge in [-0.15, -0.1) is 0 Å². The Balaban J connectivity index is 1.14. The van der Waals surface area contributed by atoms with Crippen LogP contribution in [-0.4, -0.2) is 56.8 Å². The molecule has 0 aliphatic carbocycles. The summed E-state index contributed by atoms with van der Waals surface area (Å²) in [5.41, 5.74) is 7.98. The first-order valence-corrected chi connectivity index (χ1v) is 13.5. The Morgan fingerprint density at radius 1 is 0.895 bits per heavy atom. The van der Waals surface area contributed by atoms with Crippen molar-refractivity contribution in [3.63, 3.8) is 0 Å². The van der Waals surface area contributed by atoms with Crippen LogP contribution in [0.3, 0.4) is 0 Å². The number of amides is 1.